The summed E-state index contributed by atoms with van der Waals surface area (Å²) in [6.45, 7) is 1.85. The van der Waals surface area contributed by atoms with E-state index in [1.807, 2.05) is 19.1 Å². The van der Waals surface area contributed by atoms with Crippen LogP contribution in [-0.4, -0.2) is 15.9 Å². The van der Waals surface area contributed by atoms with Gasteiger partial charge in [-0.3, -0.25) is 10.1 Å². The fraction of sp³-hybridized carbons (Fsp3) is 0.0714. The smallest absolute Gasteiger partial charge is 0.269 e. The number of non-ortho nitro benzene ring substituents is 1. The van der Waals surface area contributed by atoms with Gasteiger partial charge >= 0.3 is 0 Å². The Labute approximate surface area is 110 Å². The van der Waals surface area contributed by atoms with E-state index in [2.05, 4.69) is 0 Å². The monoisotopic (exact) mass is 256 g/mol. The van der Waals surface area contributed by atoms with Crippen molar-refractivity contribution in [3.05, 3.63) is 75.0 Å². The van der Waals surface area contributed by atoms with Crippen LogP contribution in [0.2, 0.25) is 0 Å². The molecule has 2 rings (SSSR count). The first-order chi connectivity index (χ1) is 9.08. The molecule has 5 heteroatoms. The number of para-hydroxylation sites is 1. The van der Waals surface area contributed by atoms with E-state index in [1.54, 1.807) is 24.3 Å². The van der Waals surface area contributed by atoms with Crippen molar-refractivity contribution < 1.29 is 9.66 Å². The predicted octanol–water partition coefficient (Wildman–Crippen LogP) is 3.16. The van der Waals surface area contributed by atoms with Gasteiger partial charge in [0.15, 0.2) is 6.21 Å². The van der Waals surface area contributed by atoms with Crippen LogP contribution in [0.25, 0.3) is 0 Å². The van der Waals surface area contributed by atoms with E-state index >= 15 is 0 Å². The van der Waals surface area contributed by atoms with Gasteiger partial charge < -0.3 is 5.21 Å². The molecule has 0 aliphatic heterocycles. The number of aryl methyl sites for hydroxylation is 1. The summed E-state index contributed by atoms with van der Waals surface area (Å²) in [5.74, 6) is 0. The first-order valence-corrected chi connectivity index (χ1v) is 5.69. The second-order valence-electron chi connectivity index (χ2n) is 4.09. The molecule has 0 N–H and O–H groups in total. The van der Waals surface area contributed by atoms with E-state index in [-0.39, 0.29) is 5.69 Å². The molecule has 0 saturated heterocycles. The standard InChI is InChI=1S/C14H12N2O3/c1-11-4-2-3-5-14(11)15(17)10-12-6-8-13(9-7-12)16(18)19/h2-10H,1H3/b15-10-. The maximum atomic E-state index is 12.0. The minimum Gasteiger partial charge on any atom is -0.618 e. The lowest BCUT2D eigenvalue weighted by Crippen LogP contribution is -2.00. The maximum absolute atomic E-state index is 12.0. The molecule has 0 amide bonds. The molecule has 0 saturated carbocycles. The van der Waals surface area contributed by atoms with Crippen molar-refractivity contribution in [2.24, 2.45) is 0 Å². The summed E-state index contributed by atoms with van der Waals surface area (Å²) < 4.78 is 0.760. The molecule has 19 heavy (non-hydrogen) atoms. The lowest BCUT2D eigenvalue weighted by atomic mass is 10.2. The molecule has 0 spiro atoms. The highest BCUT2D eigenvalue weighted by Crippen LogP contribution is 2.17. The number of nitrogens with zero attached hydrogens (tertiary/aromatic N) is 2. The largest absolute Gasteiger partial charge is 0.618 e. The number of rotatable bonds is 3. The molecule has 96 valence electrons. The van der Waals surface area contributed by atoms with Gasteiger partial charge in [0.05, 0.1) is 4.92 Å². The third-order valence-electron chi connectivity index (χ3n) is 2.72. The Bertz CT molecular complexity index is 633. The van der Waals surface area contributed by atoms with Gasteiger partial charge in [-0.1, -0.05) is 18.2 Å². The number of nitro benzene ring substituents is 1. The Balaban J connectivity index is 2.31. The van der Waals surface area contributed by atoms with Gasteiger partial charge in [0.1, 0.15) is 0 Å². The highest BCUT2D eigenvalue weighted by molar-refractivity contribution is 5.77. The number of benzene rings is 2. The third-order valence-corrected chi connectivity index (χ3v) is 2.72. The fourth-order valence-corrected chi connectivity index (χ4v) is 1.70. The Hall–Kier alpha value is -2.69. The van der Waals surface area contributed by atoms with Gasteiger partial charge in [0, 0.05) is 29.3 Å². The molecule has 2 aromatic rings. The van der Waals surface area contributed by atoms with Crippen LogP contribution in [0.15, 0.2) is 48.5 Å². The molecule has 0 aliphatic rings. The SMILES string of the molecule is Cc1ccccc1/[N+]([O-])=C/c1ccc([N+](=O)[O-])cc1. The summed E-state index contributed by atoms with van der Waals surface area (Å²) in [6, 6.07) is 13.1. The summed E-state index contributed by atoms with van der Waals surface area (Å²) in [5.41, 5.74) is 2.05. The van der Waals surface area contributed by atoms with Gasteiger partial charge in [-0.15, -0.1) is 0 Å². The van der Waals surface area contributed by atoms with E-state index in [0.29, 0.717) is 11.3 Å². The van der Waals surface area contributed by atoms with Crippen LogP contribution < -0.4 is 0 Å². The zero-order valence-electron chi connectivity index (χ0n) is 10.3. The minimum absolute atomic E-state index is 0.00508. The van der Waals surface area contributed by atoms with Gasteiger partial charge in [0.2, 0.25) is 5.69 Å². The molecule has 0 aliphatic carbocycles. The predicted molar refractivity (Wildman–Crippen MR) is 72.7 cm³/mol. The van der Waals surface area contributed by atoms with Crippen LogP contribution in [0.4, 0.5) is 11.4 Å². The molecule has 5 nitrogen and oxygen atoms in total. The summed E-state index contributed by atoms with van der Waals surface area (Å²) in [5, 5.41) is 22.5. The van der Waals surface area contributed by atoms with E-state index in [4.69, 9.17) is 0 Å². The zero-order chi connectivity index (χ0) is 13.8. The van der Waals surface area contributed by atoms with Crippen molar-refractivity contribution in [1.82, 2.24) is 0 Å². The molecular weight excluding hydrogens is 244 g/mol. The molecule has 0 bridgehead atoms. The second-order valence-corrected chi connectivity index (χ2v) is 4.09. The normalized spacial score (nSPS) is 11.3. The van der Waals surface area contributed by atoms with Crippen LogP contribution in [0.5, 0.6) is 0 Å². The molecule has 0 unspecified atom stereocenters. The maximum Gasteiger partial charge on any atom is 0.269 e. The average Bonchev–Trinajstić information content (AvgIpc) is 2.39. The molecule has 0 aromatic heterocycles. The van der Waals surface area contributed by atoms with Gasteiger partial charge in [-0.05, 0) is 19.1 Å². The van der Waals surface area contributed by atoms with Crippen molar-refractivity contribution in [3.63, 3.8) is 0 Å². The molecule has 2 aromatic carbocycles. The van der Waals surface area contributed by atoms with E-state index in [0.717, 1.165) is 10.3 Å². The Morgan fingerprint density at radius 1 is 1.00 bits per heavy atom. The van der Waals surface area contributed by atoms with Crippen LogP contribution in [0.3, 0.4) is 0 Å². The second kappa shape index (κ2) is 5.30. The summed E-state index contributed by atoms with van der Waals surface area (Å²) >= 11 is 0. The van der Waals surface area contributed by atoms with Crippen molar-refractivity contribution in [3.8, 4) is 0 Å². The minimum atomic E-state index is -0.472. The van der Waals surface area contributed by atoms with Crippen molar-refractivity contribution in [2.45, 2.75) is 6.92 Å². The number of hydrogen-bond donors (Lipinski definition) is 0. The summed E-state index contributed by atoms with van der Waals surface area (Å²) in [6.07, 6.45) is 1.39. The van der Waals surface area contributed by atoms with Gasteiger partial charge in [0.25, 0.3) is 5.69 Å². The van der Waals surface area contributed by atoms with Crippen LogP contribution in [0.1, 0.15) is 11.1 Å². The van der Waals surface area contributed by atoms with E-state index < -0.39 is 4.92 Å². The zero-order valence-corrected chi connectivity index (χ0v) is 10.3. The van der Waals surface area contributed by atoms with Gasteiger partial charge in [-0.2, -0.15) is 4.74 Å². The van der Waals surface area contributed by atoms with Crippen molar-refractivity contribution >= 4 is 17.6 Å². The number of hydrogen-bond acceptors (Lipinski definition) is 3. The van der Waals surface area contributed by atoms with Crippen LogP contribution in [0, 0.1) is 22.2 Å². The number of nitro groups is 1. The molecule has 0 heterocycles. The topological polar surface area (TPSA) is 69.2 Å². The molecular formula is C14H12N2O3. The van der Waals surface area contributed by atoms with Crippen molar-refractivity contribution in [2.75, 3.05) is 0 Å². The Morgan fingerprint density at radius 3 is 2.21 bits per heavy atom. The molecule has 0 atom stereocenters. The lowest BCUT2D eigenvalue weighted by molar-refractivity contribution is -0.384. The van der Waals surface area contributed by atoms with Crippen molar-refractivity contribution in [1.29, 1.82) is 0 Å². The average molecular weight is 256 g/mol. The Morgan fingerprint density at radius 2 is 1.63 bits per heavy atom. The summed E-state index contributed by atoms with van der Waals surface area (Å²) in [4.78, 5) is 10.1. The highest BCUT2D eigenvalue weighted by Gasteiger charge is 2.07. The first-order valence-electron chi connectivity index (χ1n) is 5.69. The quantitative estimate of drug-likeness (QED) is 0.278. The third kappa shape index (κ3) is 2.95. The fourth-order valence-electron chi connectivity index (χ4n) is 1.70. The Kier molecular flexibility index (Phi) is 3.56. The molecule has 0 radical (unpaired) electrons. The van der Waals surface area contributed by atoms with E-state index in [9.17, 15) is 15.3 Å². The summed E-state index contributed by atoms with van der Waals surface area (Å²) in [7, 11) is 0. The van der Waals surface area contributed by atoms with Crippen LogP contribution >= 0.6 is 0 Å². The molecule has 0 fully saturated rings. The highest BCUT2D eigenvalue weighted by atomic mass is 16.6. The van der Waals surface area contributed by atoms with Crippen LogP contribution in [-0.2, 0) is 0 Å². The van der Waals surface area contributed by atoms with E-state index in [1.165, 1.54) is 18.3 Å². The first kappa shape index (κ1) is 12.8. The van der Waals surface area contributed by atoms with Gasteiger partial charge in [-0.25, -0.2) is 0 Å². The lowest BCUT2D eigenvalue weighted by Gasteiger charge is -2.05.